The molecule has 0 N–H and O–H groups in total. The lowest BCUT2D eigenvalue weighted by Gasteiger charge is -2.23. The highest BCUT2D eigenvalue weighted by molar-refractivity contribution is 6.12. The number of hydrogen-bond acceptors (Lipinski definition) is 2. The molecule has 0 saturated heterocycles. The minimum absolute atomic E-state index is 0.0514. The summed E-state index contributed by atoms with van der Waals surface area (Å²) in [5.41, 5.74) is 15.8. The number of pyridine rings is 1. The Morgan fingerprint density at radius 2 is 0.759 bits per heavy atom. The molecule has 0 atom stereocenters. The number of rotatable bonds is 3. The lowest BCUT2D eigenvalue weighted by atomic mass is 9.86. The fourth-order valence-corrected chi connectivity index (χ4v) is 8.68. The quantitative estimate of drug-likeness (QED) is 0.180. The second-order valence-electron chi connectivity index (χ2n) is 20.7. The van der Waals surface area contributed by atoms with Gasteiger partial charge in [-0.3, -0.25) is 4.98 Å². The van der Waals surface area contributed by atoms with Gasteiger partial charge < -0.3 is 9.13 Å². The van der Waals surface area contributed by atoms with E-state index in [2.05, 4.69) is 209 Å². The van der Waals surface area contributed by atoms with Crippen molar-refractivity contribution in [1.29, 1.82) is 5.26 Å². The maximum absolute atomic E-state index is 11.3. The van der Waals surface area contributed by atoms with Crippen molar-refractivity contribution in [1.82, 2.24) is 14.1 Å². The molecular weight excluding hydrogens is 705 g/mol. The van der Waals surface area contributed by atoms with E-state index in [4.69, 9.17) is 4.98 Å². The van der Waals surface area contributed by atoms with Crippen LogP contribution < -0.4 is 0 Å². The molecule has 0 spiro atoms. The molecule has 8 aromatic rings. The number of fused-ring (bicyclic) bond motifs is 6. The van der Waals surface area contributed by atoms with E-state index in [0.29, 0.717) is 5.56 Å². The fraction of sp³-hybridized carbons (Fsp3) is 0.333. The van der Waals surface area contributed by atoms with Crippen LogP contribution in [0.4, 0.5) is 0 Å². The summed E-state index contributed by atoms with van der Waals surface area (Å²) >= 11 is 0. The summed E-state index contributed by atoms with van der Waals surface area (Å²) < 4.78 is 4.80. The van der Waals surface area contributed by atoms with Crippen molar-refractivity contribution in [3.05, 3.63) is 136 Å². The number of aryl methyl sites for hydroxylation is 2. The molecule has 4 nitrogen and oxygen atoms in total. The second-order valence-corrected chi connectivity index (χ2v) is 20.7. The molecule has 0 saturated carbocycles. The van der Waals surface area contributed by atoms with Gasteiger partial charge in [-0.05, 0) is 112 Å². The Labute approximate surface area is 345 Å². The second kappa shape index (κ2) is 13.2. The van der Waals surface area contributed by atoms with Crippen LogP contribution in [0.5, 0.6) is 0 Å². The average Bonchev–Trinajstić information content (AvgIpc) is 3.63. The van der Waals surface area contributed by atoms with Crippen molar-refractivity contribution in [2.45, 2.75) is 119 Å². The summed E-state index contributed by atoms with van der Waals surface area (Å²) in [6, 6.07) is 39.2. The third-order valence-corrected chi connectivity index (χ3v) is 12.1. The first-order valence-electron chi connectivity index (χ1n) is 20.8. The fourth-order valence-electron chi connectivity index (χ4n) is 8.68. The van der Waals surface area contributed by atoms with Crippen molar-refractivity contribution >= 4 is 43.6 Å². The average molecular weight is 763 g/mol. The van der Waals surface area contributed by atoms with Crippen LogP contribution in [-0.2, 0) is 21.7 Å². The van der Waals surface area contributed by atoms with E-state index >= 15 is 0 Å². The molecule has 0 radical (unpaired) electrons. The third-order valence-electron chi connectivity index (χ3n) is 12.1. The molecule has 3 aromatic heterocycles. The van der Waals surface area contributed by atoms with Gasteiger partial charge in [0.1, 0.15) is 6.07 Å². The van der Waals surface area contributed by atoms with Crippen molar-refractivity contribution in [3.63, 3.8) is 0 Å². The van der Waals surface area contributed by atoms with Crippen molar-refractivity contribution in [2.75, 3.05) is 0 Å². The first-order valence-corrected chi connectivity index (χ1v) is 20.8. The molecule has 0 amide bonds. The van der Waals surface area contributed by atoms with Crippen LogP contribution in [0.15, 0.2) is 97.1 Å². The molecule has 8 rings (SSSR count). The van der Waals surface area contributed by atoms with E-state index < -0.39 is 0 Å². The predicted molar refractivity (Wildman–Crippen MR) is 247 cm³/mol. The van der Waals surface area contributed by atoms with Crippen LogP contribution in [0.2, 0.25) is 0 Å². The summed E-state index contributed by atoms with van der Waals surface area (Å²) in [7, 11) is 0. The molecule has 4 heteroatoms. The van der Waals surface area contributed by atoms with Crippen molar-refractivity contribution in [3.8, 4) is 28.6 Å². The van der Waals surface area contributed by atoms with Gasteiger partial charge in [0, 0.05) is 38.5 Å². The normalized spacial score (nSPS) is 13.0. The third kappa shape index (κ3) is 6.59. The van der Waals surface area contributed by atoms with E-state index in [0.717, 1.165) is 56.0 Å². The molecule has 3 heterocycles. The highest BCUT2D eigenvalue weighted by atomic mass is 15.0. The zero-order chi connectivity index (χ0) is 41.9. The highest BCUT2D eigenvalue weighted by Crippen LogP contribution is 2.44. The van der Waals surface area contributed by atoms with Gasteiger partial charge in [-0.1, -0.05) is 132 Å². The van der Waals surface area contributed by atoms with Crippen LogP contribution in [0.3, 0.4) is 0 Å². The molecule has 0 aliphatic heterocycles. The van der Waals surface area contributed by atoms with E-state index in [9.17, 15) is 5.26 Å². The van der Waals surface area contributed by atoms with Gasteiger partial charge in [0.05, 0.1) is 39.0 Å². The Hall–Kier alpha value is -5.66. The lowest BCUT2D eigenvalue weighted by Crippen LogP contribution is -2.12. The molecule has 0 fully saturated rings. The van der Waals surface area contributed by atoms with Gasteiger partial charge in [0.15, 0.2) is 0 Å². The highest BCUT2D eigenvalue weighted by Gasteiger charge is 2.26. The summed E-state index contributed by atoms with van der Waals surface area (Å²) in [6.07, 6.45) is 0. The Morgan fingerprint density at radius 3 is 1.07 bits per heavy atom. The number of hydrogen-bond donors (Lipinski definition) is 0. The topological polar surface area (TPSA) is 46.5 Å². The molecular formula is C54H58N4. The molecule has 0 bridgehead atoms. The van der Waals surface area contributed by atoms with Gasteiger partial charge in [-0.2, -0.15) is 5.26 Å². The first kappa shape index (κ1) is 39.2. The number of benzene rings is 5. The number of nitrogens with zero attached hydrogens (tertiary/aromatic N) is 4. The minimum Gasteiger partial charge on any atom is -0.309 e. The molecule has 294 valence electrons. The summed E-state index contributed by atoms with van der Waals surface area (Å²) in [6.45, 7) is 31.4. The summed E-state index contributed by atoms with van der Waals surface area (Å²) in [5.74, 6) is 0. The van der Waals surface area contributed by atoms with Gasteiger partial charge >= 0.3 is 0 Å². The van der Waals surface area contributed by atoms with Gasteiger partial charge in [0.25, 0.3) is 0 Å². The SMILES string of the molecule is Cc1cc(-c2cc(-n3c4cc(C(C)(C)C)ccc4c4ccc(C(C)(C)C)cc43)c(C#N)cc2-n2c3cc(C(C)(C)C)ccc3c3ccc(C(C)(C)C)cc32)cc(C)n1. The summed E-state index contributed by atoms with van der Waals surface area (Å²) in [4.78, 5) is 4.82. The van der Waals surface area contributed by atoms with E-state index in [-0.39, 0.29) is 21.7 Å². The van der Waals surface area contributed by atoms with E-state index in [1.54, 1.807) is 0 Å². The lowest BCUT2D eigenvalue weighted by molar-refractivity contribution is 0.590. The largest absolute Gasteiger partial charge is 0.309 e. The predicted octanol–water partition coefficient (Wildman–Crippen LogP) is 14.6. The molecule has 0 aliphatic carbocycles. The van der Waals surface area contributed by atoms with Gasteiger partial charge in [-0.15, -0.1) is 0 Å². The van der Waals surface area contributed by atoms with Crippen LogP contribution in [-0.4, -0.2) is 14.1 Å². The van der Waals surface area contributed by atoms with Crippen molar-refractivity contribution in [2.24, 2.45) is 0 Å². The van der Waals surface area contributed by atoms with Crippen molar-refractivity contribution < 1.29 is 0 Å². The van der Waals surface area contributed by atoms with Crippen LogP contribution in [0, 0.1) is 25.2 Å². The smallest absolute Gasteiger partial charge is 0.101 e. The van der Waals surface area contributed by atoms with E-state index in [1.807, 2.05) is 0 Å². The number of aromatic nitrogens is 3. The first-order chi connectivity index (χ1) is 27.0. The maximum atomic E-state index is 11.3. The summed E-state index contributed by atoms with van der Waals surface area (Å²) in [5, 5.41) is 16.1. The molecule has 0 aliphatic rings. The zero-order valence-corrected chi connectivity index (χ0v) is 37.0. The van der Waals surface area contributed by atoms with Gasteiger partial charge in [-0.25, -0.2) is 0 Å². The van der Waals surface area contributed by atoms with Gasteiger partial charge in [0.2, 0.25) is 0 Å². The Bertz CT molecular complexity index is 2840. The van der Waals surface area contributed by atoms with Crippen LogP contribution in [0.1, 0.15) is 122 Å². The van der Waals surface area contributed by atoms with Crippen LogP contribution >= 0.6 is 0 Å². The number of nitriles is 1. The molecule has 58 heavy (non-hydrogen) atoms. The molecule has 0 unspecified atom stereocenters. The maximum Gasteiger partial charge on any atom is 0.101 e. The molecule has 5 aromatic carbocycles. The minimum atomic E-state index is -0.0560. The monoisotopic (exact) mass is 762 g/mol. The van der Waals surface area contributed by atoms with E-state index in [1.165, 1.54) is 43.8 Å². The standard InChI is InChI=1S/C54H58N4/c1-32-23-34(24-33(2)56-32)44-30-45(57-47-26-36(51(3,4)5)15-19-40(47)41-20-16-37(27-48(41)57)52(6,7)8)35(31-55)25-46(44)58-49-28-38(53(9,10)11)17-21-42(49)43-22-18-39(29-50(43)58)54(12,13)14/h15-30H,1-14H3. The Kier molecular flexibility index (Phi) is 8.91. The Balaban J connectivity index is 1.57. The Morgan fingerprint density at radius 1 is 0.431 bits per heavy atom. The zero-order valence-electron chi connectivity index (χ0n) is 37.0. The van der Waals surface area contributed by atoms with Crippen LogP contribution in [0.25, 0.3) is 66.1 Å².